The van der Waals surface area contributed by atoms with E-state index < -0.39 is 23.9 Å². The van der Waals surface area contributed by atoms with Crippen LogP contribution in [0.2, 0.25) is 0 Å². The number of unbranched alkanes of at least 4 members (excludes halogenated alkanes) is 4. The van der Waals surface area contributed by atoms with Gasteiger partial charge in [-0.3, -0.25) is 4.79 Å². The Labute approximate surface area is 141 Å². The molecule has 0 aliphatic rings. The van der Waals surface area contributed by atoms with Gasteiger partial charge in [0, 0.05) is 18.4 Å². The predicted octanol–water partition coefficient (Wildman–Crippen LogP) is 4.80. The summed E-state index contributed by atoms with van der Waals surface area (Å²) in [6.07, 6.45) is -1.54. The van der Waals surface area contributed by atoms with Crippen LogP contribution >= 0.6 is 0 Å². The average molecular weight is 339 g/mol. The number of halogens is 3. The number of hydrogen-bond acceptors (Lipinski definition) is 2. The van der Waals surface area contributed by atoms with Gasteiger partial charge >= 0.3 is 6.18 Å². The molecule has 24 heavy (non-hydrogen) atoms. The number of carbonyl (C=O) groups is 1. The molecule has 1 aromatic rings. The second-order valence-corrected chi connectivity index (χ2v) is 6.05. The summed E-state index contributed by atoms with van der Waals surface area (Å²) in [4.78, 5) is 12.1. The van der Waals surface area contributed by atoms with Crippen molar-refractivity contribution >= 4 is 5.78 Å². The van der Waals surface area contributed by atoms with Crippen molar-refractivity contribution in [3.63, 3.8) is 0 Å². The maximum absolute atomic E-state index is 13.3. The number of alkyl halides is 3. The van der Waals surface area contributed by atoms with Crippen LogP contribution in [-0.2, 0) is 0 Å². The SMILES string of the molecule is CCCCCCC#C[C@@](N)(CC(=O)c1ccc(C)cc1)C(F)(F)F. The van der Waals surface area contributed by atoms with Crippen molar-refractivity contribution in [3.8, 4) is 11.8 Å². The van der Waals surface area contributed by atoms with Gasteiger partial charge in [-0.05, 0) is 13.3 Å². The van der Waals surface area contributed by atoms with Gasteiger partial charge in [-0.25, -0.2) is 0 Å². The van der Waals surface area contributed by atoms with Crippen LogP contribution in [0.4, 0.5) is 13.2 Å². The summed E-state index contributed by atoms with van der Waals surface area (Å²) in [5, 5.41) is 0. The Morgan fingerprint density at radius 1 is 1.12 bits per heavy atom. The molecule has 0 amide bonds. The number of rotatable bonds is 7. The first-order valence-corrected chi connectivity index (χ1v) is 8.15. The Morgan fingerprint density at radius 2 is 1.75 bits per heavy atom. The number of nitrogens with two attached hydrogens (primary N) is 1. The maximum Gasteiger partial charge on any atom is 0.418 e. The lowest BCUT2D eigenvalue weighted by molar-refractivity contribution is -0.167. The van der Waals surface area contributed by atoms with E-state index in [1.165, 1.54) is 12.1 Å². The van der Waals surface area contributed by atoms with E-state index in [-0.39, 0.29) is 5.56 Å². The zero-order valence-electron chi connectivity index (χ0n) is 14.2. The summed E-state index contributed by atoms with van der Waals surface area (Å²) >= 11 is 0. The molecule has 2 nitrogen and oxygen atoms in total. The highest BCUT2D eigenvalue weighted by Gasteiger charge is 2.52. The van der Waals surface area contributed by atoms with Crippen molar-refractivity contribution < 1.29 is 18.0 Å². The van der Waals surface area contributed by atoms with Crippen LogP contribution in [0.1, 0.15) is 61.4 Å². The Kier molecular flexibility index (Phi) is 7.50. The van der Waals surface area contributed by atoms with E-state index in [4.69, 9.17) is 5.73 Å². The van der Waals surface area contributed by atoms with Gasteiger partial charge in [-0.2, -0.15) is 13.2 Å². The first-order valence-electron chi connectivity index (χ1n) is 8.15. The third kappa shape index (κ3) is 6.01. The second-order valence-electron chi connectivity index (χ2n) is 6.05. The van der Waals surface area contributed by atoms with E-state index in [1.54, 1.807) is 12.1 Å². The first kappa shape index (κ1) is 20.2. The van der Waals surface area contributed by atoms with Crippen LogP contribution in [0.25, 0.3) is 0 Å². The highest BCUT2D eigenvalue weighted by atomic mass is 19.4. The Bertz CT molecular complexity index is 596. The van der Waals surface area contributed by atoms with Crippen molar-refractivity contribution in [2.75, 3.05) is 0 Å². The van der Waals surface area contributed by atoms with Crippen molar-refractivity contribution in [1.82, 2.24) is 0 Å². The summed E-state index contributed by atoms with van der Waals surface area (Å²) < 4.78 is 39.9. The molecule has 1 atom stereocenters. The molecule has 0 radical (unpaired) electrons. The highest BCUT2D eigenvalue weighted by molar-refractivity contribution is 5.97. The predicted molar refractivity (Wildman–Crippen MR) is 89.6 cm³/mol. The molecule has 0 heterocycles. The van der Waals surface area contributed by atoms with Crippen LogP contribution < -0.4 is 5.73 Å². The monoisotopic (exact) mass is 339 g/mol. The van der Waals surface area contributed by atoms with Gasteiger partial charge in [0.15, 0.2) is 11.3 Å². The van der Waals surface area contributed by atoms with Crippen LogP contribution in [0.5, 0.6) is 0 Å². The molecule has 0 saturated heterocycles. The van der Waals surface area contributed by atoms with Crippen molar-refractivity contribution in [2.45, 2.75) is 64.1 Å². The van der Waals surface area contributed by atoms with Crippen molar-refractivity contribution in [2.24, 2.45) is 5.73 Å². The number of ketones is 1. The quantitative estimate of drug-likeness (QED) is 0.440. The molecule has 0 spiro atoms. The molecule has 0 saturated carbocycles. The summed E-state index contributed by atoms with van der Waals surface area (Å²) in [5.41, 5.74) is 3.80. The smallest absolute Gasteiger partial charge is 0.307 e. The molecule has 0 aliphatic carbocycles. The summed E-state index contributed by atoms with van der Waals surface area (Å²) in [7, 11) is 0. The van der Waals surface area contributed by atoms with E-state index >= 15 is 0 Å². The fraction of sp³-hybridized carbons (Fsp3) is 0.526. The molecule has 1 rings (SSSR count). The third-order valence-corrected chi connectivity index (χ3v) is 3.79. The molecule has 0 unspecified atom stereocenters. The Hall–Kier alpha value is -1.80. The zero-order valence-corrected chi connectivity index (χ0v) is 14.2. The lowest BCUT2D eigenvalue weighted by Gasteiger charge is -2.26. The standard InChI is InChI=1S/C19H24F3NO/c1-3-4-5-6-7-8-13-18(23,19(20,21)22)14-17(24)16-11-9-15(2)10-12-16/h9-12H,3-7,14,23H2,1-2H3/t18-/m1/s1. The second kappa shape index (κ2) is 8.89. The van der Waals surface area contributed by atoms with Gasteiger partial charge in [0.1, 0.15) is 0 Å². The van der Waals surface area contributed by atoms with E-state index in [9.17, 15) is 18.0 Å². The minimum absolute atomic E-state index is 0.212. The third-order valence-electron chi connectivity index (χ3n) is 3.79. The van der Waals surface area contributed by atoms with Gasteiger partial charge in [0.2, 0.25) is 0 Å². The van der Waals surface area contributed by atoms with E-state index in [0.717, 1.165) is 31.2 Å². The minimum atomic E-state index is -4.76. The molecular formula is C19H24F3NO. The lowest BCUT2D eigenvalue weighted by atomic mass is 9.90. The molecule has 2 N–H and O–H groups in total. The summed E-state index contributed by atoms with van der Waals surface area (Å²) in [5.74, 6) is 3.96. The van der Waals surface area contributed by atoms with Crippen molar-refractivity contribution in [1.29, 1.82) is 0 Å². The molecule has 0 aromatic heterocycles. The van der Waals surface area contributed by atoms with E-state index in [0.29, 0.717) is 6.42 Å². The largest absolute Gasteiger partial charge is 0.418 e. The summed E-state index contributed by atoms with van der Waals surface area (Å²) in [6, 6.07) is 6.37. The van der Waals surface area contributed by atoms with Gasteiger partial charge in [0.05, 0.1) is 0 Å². The number of benzene rings is 1. The van der Waals surface area contributed by atoms with Crippen LogP contribution in [-0.4, -0.2) is 17.5 Å². The number of aryl methyl sites for hydroxylation is 1. The lowest BCUT2D eigenvalue weighted by Crippen LogP contribution is -2.53. The molecule has 132 valence electrons. The fourth-order valence-corrected chi connectivity index (χ4v) is 2.17. The Morgan fingerprint density at radius 3 is 2.29 bits per heavy atom. The van der Waals surface area contributed by atoms with Crippen molar-refractivity contribution in [3.05, 3.63) is 35.4 Å². The van der Waals surface area contributed by atoms with Gasteiger partial charge in [0.25, 0.3) is 0 Å². The van der Waals surface area contributed by atoms with Gasteiger partial charge in [-0.1, -0.05) is 61.9 Å². The zero-order chi connectivity index (χ0) is 18.2. The topological polar surface area (TPSA) is 43.1 Å². The van der Waals surface area contributed by atoms with Crippen LogP contribution in [0.15, 0.2) is 24.3 Å². The molecule has 0 bridgehead atoms. The van der Waals surface area contributed by atoms with Crippen LogP contribution in [0, 0.1) is 18.8 Å². The van der Waals surface area contributed by atoms with E-state index in [2.05, 4.69) is 18.8 Å². The first-order chi connectivity index (χ1) is 11.2. The molecule has 0 fully saturated rings. The van der Waals surface area contributed by atoms with E-state index in [1.807, 2.05) is 6.92 Å². The fourth-order valence-electron chi connectivity index (χ4n) is 2.17. The van der Waals surface area contributed by atoms with Crippen LogP contribution in [0.3, 0.4) is 0 Å². The number of Topliss-reactive ketones (excluding diaryl/α,β-unsaturated/α-hetero) is 1. The average Bonchev–Trinajstić information content (AvgIpc) is 2.50. The van der Waals surface area contributed by atoms with Gasteiger partial charge in [-0.15, -0.1) is 5.92 Å². The Balaban J connectivity index is 2.83. The van der Waals surface area contributed by atoms with Gasteiger partial charge < -0.3 is 5.73 Å². The minimum Gasteiger partial charge on any atom is -0.307 e. The highest BCUT2D eigenvalue weighted by Crippen LogP contribution is 2.31. The normalized spacial score (nSPS) is 13.8. The molecule has 5 heteroatoms. The number of hydrogen-bond donors (Lipinski definition) is 1. The molecule has 0 aliphatic heterocycles. The molecule has 1 aromatic carbocycles. The maximum atomic E-state index is 13.3. The molecular weight excluding hydrogens is 315 g/mol. The summed E-state index contributed by atoms with van der Waals surface area (Å²) in [6.45, 7) is 3.89. The number of carbonyl (C=O) groups excluding carboxylic acids is 1.